The molecule has 0 saturated heterocycles. The van der Waals surface area contributed by atoms with Crippen LogP contribution in [0.1, 0.15) is 18.9 Å². The molecule has 0 unspecified atom stereocenters. The molecule has 16 heavy (non-hydrogen) atoms. The number of benzene rings is 1. The van der Waals surface area contributed by atoms with E-state index in [2.05, 4.69) is 6.07 Å². The summed E-state index contributed by atoms with van der Waals surface area (Å²) in [5, 5.41) is 1.12. The van der Waals surface area contributed by atoms with E-state index < -0.39 is 0 Å². The highest BCUT2D eigenvalue weighted by molar-refractivity contribution is 5.77. The number of aryl methyl sites for hydroxylation is 1. The Morgan fingerprint density at radius 3 is 3.06 bits per heavy atom. The largest absolute Gasteiger partial charge is 0.466 e. The summed E-state index contributed by atoms with van der Waals surface area (Å²) in [4.78, 5) is 10.6. The Morgan fingerprint density at radius 2 is 2.25 bits per heavy atom. The first-order valence-electron chi connectivity index (χ1n) is 5.35. The number of rotatable bonds is 4. The second kappa shape index (κ2) is 4.84. The van der Waals surface area contributed by atoms with Crippen molar-refractivity contribution in [3.63, 3.8) is 0 Å². The molecule has 0 N–H and O–H groups in total. The zero-order valence-electron chi connectivity index (χ0n) is 9.23. The summed E-state index contributed by atoms with van der Waals surface area (Å²) in [6, 6.07) is 8.06. The number of hydrogen-bond acceptors (Lipinski definition) is 3. The molecule has 2 aromatic rings. The number of carbonyl (C=O) groups is 1. The molecule has 0 spiro atoms. The summed E-state index contributed by atoms with van der Waals surface area (Å²) in [6.45, 7) is 1.91. The summed E-state index contributed by atoms with van der Waals surface area (Å²) in [6.07, 6.45) is 3.45. The smallest absolute Gasteiger partial charge is 0.302 e. The van der Waals surface area contributed by atoms with E-state index in [0.29, 0.717) is 6.61 Å². The molecule has 3 nitrogen and oxygen atoms in total. The van der Waals surface area contributed by atoms with Crippen molar-refractivity contribution in [2.45, 2.75) is 19.8 Å². The zero-order valence-corrected chi connectivity index (χ0v) is 9.23. The second-order valence-corrected chi connectivity index (χ2v) is 3.74. The van der Waals surface area contributed by atoms with Gasteiger partial charge in [0, 0.05) is 12.3 Å². The van der Waals surface area contributed by atoms with Crippen LogP contribution in [0, 0.1) is 0 Å². The molecule has 1 heterocycles. The minimum Gasteiger partial charge on any atom is -0.466 e. The first-order chi connectivity index (χ1) is 7.75. The van der Waals surface area contributed by atoms with Crippen LogP contribution in [0.4, 0.5) is 0 Å². The fourth-order valence-corrected chi connectivity index (χ4v) is 1.66. The van der Waals surface area contributed by atoms with Gasteiger partial charge in [0.15, 0.2) is 0 Å². The fraction of sp³-hybridized carbons (Fsp3) is 0.308. The number of furan rings is 1. The van der Waals surface area contributed by atoms with Gasteiger partial charge in [0.1, 0.15) is 5.58 Å². The van der Waals surface area contributed by atoms with E-state index in [9.17, 15) is 4.79 Å². The molecule has 0 aliphatic carbocycles. The van der Waals surface area contributed by atoms with Gasteiger partial charge in [-0.25, -0.2) is 0 Å². The standard InChI is InChI=1S/C13H14O3/c1-10(14)15-7-2-3-11-4-5-13-12(9-11)6-8-16-13/h4-6,8-9H,2-3,7H2,1H3. The predicted octanol–water partition coefficient (Wildman–Crippen LogP) is 2.93. The molecule has 1 aromatic carbocycles. The van der Waals surface area contributed by atoms with Crippen LogP contribution in [-0.4, -0.2) is 12.6 Å². The van der Waals surface area contributed by atoms with Gasteiger partial charge in [0.25, 0.3) is 0 Å². The molecule has 0 aliphatic heterocycles. The molecule has 2 rings (SSSR count). The van der Waals surface area contributed by atoms with E-state index in [0.717, 1.165) is 23.8 Å². The van der Waals surface area contributed by atoms with Gasteiger partial charge >= 0.3 is 5.97 Å². The van der Waals surface area contributed by atoms with Gasteiger partial charge in [-0.2, -0.15) is 0 Å². The lowest BCUT2D eigenvalue weighted by molar-refractivity contribution is -0.141. The Bertz CT molecular complexity index is 485. The number of fused-ring (bicyclic) bond motifs is 1. The minimum atomic E-state index is -0.217. The molecule has 0 radical (unpaired) electrons. The van der Waals surface area contributed by atoms with Crippen molar-refractivity contribution in [2.24, 2.45) is 0 Å². The third-order valence-corrected chi connectivity index (χ3v) is 2.43. The number of esters is 1. The van der Waals surface area contributed by atoms with E-state index in [1.54, 1.807) is 6.26 Å². The molecular formula is C13H14O3. The van der Waals surface area contributed by atoms with Crippen LogP contribution in [0.2, 0.25) is 0 Å². The Morgan fingerprint density at radius 1 is 1.38 bits per heavy atom. The molecular weight excluding hydrogens is 204 g/mol. The lowest BCUT2D eigenvalue weighted by Gasteiger charge is -2.02. The highest BCUT2D eigenvalue weighted by atomic mass is 16.5. The van der Waals surface area contributed by atoms with Crippen LogP contribution in [0.25, 0.3) is 11.0 Å². The van der Waals surface area contributed by atoms with Gasteiger partial charge in [0.2, 0.25) is 0 Å². The molecule has 0 atom stereocenters. The van der Waals surface area contributed by atoms with Crippen molar-refractivity contribution in [2.75, 3.05) is 6.61 Å². The third-order valence-electron chi connectivity index (χ3n) is 2.43. The van der Waals surface area contributed by atoms with E-state index in [1.165, 1.54) is 12.5 Å². The van der Waals surface area contributed by atoms with Gasteiger partial charge in [-0.05, 0) is 36.6 Å². The van der Waals surface area contributed by atoms with Crippen LogP contribution < -0.4 is 0 Å². The maximum absolute atomic E-state index is 10.6. The van der Waals surface area contributed by atoms with Crippen molar-refractivity contribution < 1.29 is 13.9 Å². The molecule has 0 amide bonds. The first-order valence-corrected chi connectivity index (χ1v) is 5.35. The normalized spacial score (nSPS) is 10.6. The maximum Gasteiger partial charge on any atom is 0.302 e. The van der Waals surface area contributed by atoms with Crippen molar-refractivity contribution in [3.05, 3.63) is 36.1 Å². The van der Waals surface area contributed by atoms with Gasteiger partial charge in [0.05, 0.1) is 12.9 Å². The quantitative estimate of drug-likeness (QED) is 0.585. The topological polar surface area (TPSA) is 39.4 Å². The van der Waals surface area contributed by atoms with Crippen molar-refractivity contribution in [1.82, 2.24) is 0 Å². The van der Waals surface area contributed by atoms with Crippen LogP contribution in [0.3, 0.4) is 0 Å². The minimum absolute atomic E-state index is 0.217. The van der Waals surface area contributed by atoms with Gasteiger partial charge < -0.3 is 9.15 Å². The van der Waals surface area contributed by atoms with Gasteiger partial charge in [-0.1, -0.05) is 6.07 Å². The summed E-state index contributed by atoms with van der Waals surface area (Å²) in [5.41, 5.74) is 2.14. The van der Waals surface area contributed by atoms with Crippen LogP contribution in [-0.2, 0) is 16.0 Å². The highest BCUT2D eigenvalue weighted by Gasteiger charge is 1.99. The number of carbonyl (C=O) groups excluding carboxylic acids is 1. The monoisotopic (exact) mass is 218 g/mol. The summed E-state index contributed by atoms with van der Waals surface area (Å²) >= 11 is 0. The lowest BCUT2D eigenvalue weighted by Crippen LogP contribution is -2.01. The number of ether oxygens (including phenoxy) is 1. The van der Waals surface area contributed by atoms with Gasteiger partial charge in [-0.15, -0.1) is 0 Å². The van der Waals surface area contributed by atoms with E-state index in [-0.39, 0.29) is 5.97 Å². The van der Waals surface area contributed by atoms with Crippen LogP contribution in [0.15, 0.2) is 34.9 Å². The molecule has 0 aliphatic rings. The molecule has 84 valence electrons. The molecule has 0 fully saturated rings. The first kappa shape index (κ1) is 10.7. The SMILES string of the molecule is CC(=O)OCCCc1ccc2occc2c1. The Hall–Kier alpha value is -1.77. The molecule has 3 heteroatoms. The summed E-state index contributed by atoms with van der Waals surface area (Å²) < 4.78 is 10.1. The Balaban J connectivity index is 1.91. The molecule has 0 bridgehead atoms. The Kier molecular flexibility index (Phi) is 3.25. The van der Waals surface area contributed by atoms with E-state index >= 15 is 0 Å². The predicted molar refractivity (Wildman–Crippen MR) is 61.2 cm³/mol. The fourth-order valence-electron chi connectivity index (χ4n) is 1.66. The van der Waals surface area contributed by atoms with E-state index in [1.807, 2.05) is 18.2 Å². The van der Waals surface area contributed by atoms with Crippen LogP contribution in [0.5, 0.6) is 0 Å². The molecule has 1 aromatic heterocycles. The average Bonchev–Trinajstić information content (AvgIpc) is 2.71. The Labute approximate surface area is 94.0 Å². The molecule has 0 saturated carbocycles. The maximum atomic E-state index is 10.6. The van der Waals surface area contributed by atoms with Gasteiger partial charge in [-0.3, -0.25) is 4.79 Å². The highest BCUT2D eigenvalue weighted by Crippen LogP contribution is 2.17. The summed E-state index contributed by atoms with van der Waals surface area (Å²) in [7, 11) is 0. The summed E-state index contributed by atoms with van der Waals surface area (Å²) in [5.74, 6) is -0.217. The van der Waals surface area contributed by atoms with E-state index in [4.69, 9.17) is 9.15 Å². The van der Waals surface area contributed by atoms with Crippen LogP contribution >= 0.6 is 0 Å². The van der Waals surface area contributed by atoms with Crippen molar-refractivity contribution in [1.29, 1.82) is 0 Å². The lowest BCUT2D eigenvalue weighted by atomic mass is 10.1. The average molecular weight is 218 g/mol. The number of hydrogen-bond donors (Lipinski definition) is 0. The van der Waals surface area contributed by atoms with Crippen molar-refractivity contribution in [3.8, 4) is 0 Å². The second-order valence-electron chi connectivity index (χ2n) is 3.74. The zero-order chi connectivity index (χ0) is 11.4. The third kappa shape index (κ3) is 2.63. The van der Waals surface area contributed by atoms with Crippen molar-refractivity contribution >= 4 is 16.9 Å².